The molecule has 2 aromatic carbocycles. The van der Waals surface area contributed by atoms with Crippen LogP contribution in [0.25, 0.3) is 0 Å². The van der Waals surface area contributed by atoms with Crippen LogP contribution in [0.1, 0.15) is 49.5 Å². The van der Waals surface area contributed by atoms with Crippen LogP contribution in [0.15, 0.2) is 77.1 Å². The molecule has 0 radical (unpaired) electrons. The summed E-state index contributed by atoms with van der Waals surface area (Å²) in [5.41, 5.74) is 7.44. The van der Waals surface area contributed by atoms with Crippen molar-refractivity contribution in [3.63, 3.8) is 0 Å². The van der Waals surface area contributed by atoms with Gasteiger partial charge in [-0.3, -0.25) is 20.4 Å². The van der Waals surface area contributed by atoms with Crippen molar-refractivity contribution in [2.24, 2.45) is 0 Å². The number of rotatable bonds is 9. The molecule has 0 saturated carbocycles. The second kappa shape index (κ2) is 13.1. The van der Waals surface area contributed by atoms with E-state index in [2.05, 4.69) is 16.2 Å². The molecule has 0 bridgehead atoms. The van der Waals surface area contributed by atoms with Gasteiger partial charge in [-0.1, -0.05) is 30.3 Å². The number of benzene rings is 2. The molecule has 2 aromatic rings. The fourth-order valence-electron chi connectivity index (χ4n) is 4.02. The Morgan fingerprint density at radius 2 is 1.34 bits per heavy atom. The van der Waals surface area contributed by atoms with E-state index in [0.717, 1.165) is 0 Å². The van der Waals surface area contributed by atoms with E-state index in [1.165, 1.54) is 0 Å². The summed E-state index contributed by atoms with van der Waals surface area (Å²) >= 11 is 0. The normalized spacial score (nSPS) is 13.4. The summed E-state index contributed by atoms with van der Waals surface area (Å²) in [6, 6.07) is 15.1. The standard InChI is InChI=1S/C28H31N3O7/c1-5-36-27(34)23-17(3)29-18(4)24(28(35)37-6-2)25(23)19-12-14-21(15-13-19)38-16-22(32)30-31-26(33)20-10-8-7-9-11-20/h7-15,25,29H,5-6,16H2,1-4H3,(H,30,32)(H,31,33). The first kappa shape index (κ1) is 28.0. The number of hydrogen-bond acceptors (Lipinski definition) is 8. The third-order valence-electron chi connectivity index (χ3n) is 5.69. The lowest BCUT2D eigenvalue weighted by Gasteiger charge is -2.30. The van der Waals surface area contributed by atoms with Gasteiger partial charge in [0.05, 0.1) is 30.3 Å². The van der Waals surface area contributed by atoms with E-state index in [1.54, 1.807) is 82.3 Å². The summed E-state index contributed by atoms with van der Waals surface area (Å²) < 4.78 is 16.1. The fourth-order valence-corrected chi connectivity index (χ4v) is 4.02. The third kappa shape index (κ3) is 6.78. The lowest BCUT2D eigenvalue weighted by Crippen LogP contribution is -2.43. The van der Waals surface area contributed by atoms with Gasteiger partial charge in [-0.25, -0.2) is 9.59 Å². The van der Waals surface area contributed by atoms with E-state index in [9.17, 15) is 19.2 Å². The van der Waals surface area contributed by atoms with Crippen LogP contribution in [0.3, 0.4) is 0 Å². The molecule has 10 nitrogen and oxygen atoms in total. The second-order valence-electron chi connectivity index (χ2n) is 8.30. The molecular formula is C28H31N3O7. The minimum atomic E-state index is -0.722. The summed E-state index contributed by atoms with van der Waals surface area (Å²) in [4.78, 5) is 49.9. The molecule has 0 atom stereocenters. The van der Waals surface area contributed by atoms with Crippen molar-refractivity contribution in [1.29, 1.82) is 0 Å². The molecule has 3 rings (SSSR count). The Hall–Kier alpha value is -4.60. The van der Waals surface area contributed by atoms with Crippen molar-refractivity contribution in [3.8, 4) is 5.75 Å². The van der Waals surface area contributed by atoms with Gasteiger partial charge >= 0.3 is 11.9 Å². The van der Waals surface area contributed by atoms with Gasteiger partial charge in [0.25, 0.3) is 11.8 Å². The molecule has 2 amide bonds. The first-order valence-corrected chi connectivity index (χ1v) is 12.2. The number of dihydropyridines is 1. The molecule has 0 saturated heterocycles. The number of carbonyl (C=O) groups excluding carboxylic acids is 4. The number of hydrogen-bond donors (Lipinski definition) is 3. The highest BCUT2D eigenvalue weighted by atomic mass is 16.5. The van der Waals surface area contributed by atoms with E-state index in [-0.39, 0.29) is 19.8 Å². The molecule has 38 heavy (non-hydrogen) atoms. The third-order valence-corrected chi connectivity index (χ3v) is 5.69. The predicted molar refractivity (Wildman–Crippen MR) is 139 cm³/mol. The van der Waals surface area contributed by atoms with Crippen molar-refractivity contribution >= 4 is 23.8 Å². The fraction of sp³-hybridized carbons (Fsp3) is 0.286. The minimum absolute atomic E-state index is 0.181. The maximum absolute atomic E-state index is 12.9. The van der Waals surface area contributed by atoms with Gasteiger partial charge in [0, 0.05) is 17.0 Å². The molecule has 0 unspecified atom stereocenters. The molecule has 1 heterocycles. The Bertz CT molecular complexity index is 1210. The molecule has 0 aromatic heterocycles. The van der Waals surface area contributed by atoms with Crippen molar-refractivity contribution in [2.75, 3.05) is 19.8 Å². The largest absolute Gasteiger partial charge is 0.484 e. The second-order valence-corrected chi connectivity index (χ2v) is 8.30. The Morgan fingerprint density at radius 1 is 0.789 bits per heavy atom. The van der Waals surface area contributed by atoms with Crippen LogP contribution >= 0.6 is 0 Å². The first-order valence-electron chi connectivity index (χ1n) is 12.2. The molecule has 1 aliphatic heterocycles. The van der Waals surface area contributed by atoms with Crippen molar-refractivity contribution < 1.29 is 33.4 Å². The molecule has 1 aliphatic rings. The molecule has 3 N–H and O–H groups in total. The number of hydrazine groups is 1. The number of esters is 2. The van der Waals surface area contributed by atoms with Crippen molar-refractivity contribution in [1.82, 2.24) is 16.2 Å². The SMILES string of the molecule is CCOC(=O)C1=C(C)NC(C)=C(C(=O)OCC)C1c1ccc(OCC(=O)NNC(=O)c2ccccc2)cc1. The smallest absolute Gasteiger partial charge is 0.336 e. The number of allylic oxidation sites excluding steroid dienone is 2. The summed E-state index contributed by atoms with van der Waals surface area (Å²) in [5.74, 6) is -2.42. The first-order chi connectivity index (χ1) is 18.3. The van der Waals surface area contributed by atoms with Crippen LogP contribution in [-0.2, 0) is 23.9 Å². The van der Waals surface area contributed by atoms with Gasteiger partial charge in [-0.15, -0.1) is 0 Å². The van der Waals surface area contributed by atoms with E-state index >= 15 is 0 Å². The molecule has 0 fully saturated rings. The van der Waals surface area contributed by atoms with Gasteiger partial charge in [0.1, 0.15) is 5.75 Å². The lowest BCUT2D eigenvalue weighted by atomic mass is 9.80. The van der Waals surface area contributed by atoms with Gasteiger partial charge in [0.15, 0.2) is 6.61 Å². The van der Waals surface area contributed by atoms with Gasteiger partial charge < -0.3 is 19.5 Å². The molecule has 200 valence electrons. The van der Waals surface area contributed by atoms with Crippen LogP contribution in [0, 0.1) is 0 Å². The van der Waals surface area contributed by atoms with Crippen molar-refractivity contribution in [2.45, 2.75) is 33.6 Å². The minimum Gasteiger partial charge on any atom is -0.484 e. The Kier molecular flexibility index (Phi) is 9.64. The quantitative estimate of drug-likeness (QED) is 0.339. The highest BCUT2D eigenvalue weighted by Crippen LogP contribution is 2.39. The summed E-state index contributed by atoms with van der Waals surface area (Å²) in [5, 5.41) is 3.09. The number of ether oxygens (including phenoxy) is 3. The Morgan fingerprint density at radius 3 is 1.87 bits per heavy atom. The van der Waals surface area contributed by atoms with Crippen LogP contribution in [0.4, 0.5) is 0 Å². The Labute approximate surface area is 221 Å². The molecular weight excluding hydrogens is 490 g/mol. The monoisotopic (exact) mass is 521 g/mol. The number of carbonyl (C=O) groups is 4. The van der Waals surface area contributed by atoms with Crippen LogP contribution in [0.5, 0.6) is 5.75 Å². The average molecular weight is 522 g/mol. The Balaban J connectivity index is 1.73. The van der Waals surface area contributed by atoms with Crippen LogP contribution < -0.4 is 20.9 Å². The highest BCUT2D eigenvalue weighted by molar-refractivity contribution is 6.00. The highest BCUT2D eigenvalue weighted by Gasteiger charge is 2.37. The van der Waals surface area contributed by atoms with E-state index in [4.69, 9.17) is 14.2 Å². The molecule has 0 spiro atoms. The number of nitrogens with one attached hydrogen (secondary N) is 3. The maximum atomic E-state index is 12.9. The van der Waals surface area contributed by atoms with Crippen LogP contribution in [-0.4, -0.2) is 43.6 Å². The summed E-state index contributed by atoms with van der Waals surface area (Å²) in [7, 11) is 0. The zero-order chi connectivity index (χ0) is 27.7. The summed E-state index contributed by atoms with van der Waals surface area (Å²) in [6.45, 7) is 6.93. The van der Waals surface area contributed by atoms with Crippen molar-refractivity contribution in [3.05, 3.63) is 88.3 Å². The maximum Gasteiger partial charge on any atom is 0.336 e. The van der Waals surface area contributed by atoms with E-state index in [1.807, 2.05) is 0 Å². The lowest BCUT2D eigenvalue weighted by molar-refractivity contribution is -0.139. The van der Waals surface area contributed by atoms with Gasteiger partial charge in [0.2, 0.25) is 0 Å². The molecule has 10 heteroatoms. The van der Waals surface area contributed by atoms with Crippen LogP contribution in [0.2, 0.25) is 0 Å². The van der Waals surface area contributed by atoms with Gasteiger partial charge in [-0.05, 0) is 57.5 Å². The summed E-state index contributed by atoms with van der Waals surface area (Å²) in [6.07, 6.45) is 0. The topological polar surface area (TPSA) is 132 Å². The number of amides is 2. The van der Waals surface area contributed by atoms with E-state index in [0.29, 0.717) is 39.4 Å². The van der Waals surface area contributed by atoms with Gasteiger partial charge in [-0.2, -0.15) is 0 Å². The predicted octanol–water partition coefficient (Wildman–Crippen LogP) is 2.89. The zero-order valence-electron chi connectivity index (χ0n) is 21.8. The molecule has 0 aliphatic carbocycles. The average Bonchev–Trinajstić information content (AvgIpc) is 2.91. The van der Waals surface area contributed by atoms with E-state index < -0.39 is 29.7 Å². The zero-order valence-corrected chi connectivity index (χ0v) is 21.8.